The summed E-state index contributed by atoms with van der Waals surface area (Å²) in [5.41, 5.74) is 7.24. The van der Waals surface area contributed by atoms with Crippen molar-refractivity contribution in [3.63, 3.8) is 0 Å². The average Bonchev–Trinajstić information content (AvgIpc) is 2.54. The first-order valence-electron chi connectivity index (χ1n) is 7.57. The van der Waals surface area contributed by atoms with Crippen LogP contribution >= 0.6 is 0 Å². The van der Waals surface area contributed by atoms with Crippen LogP contribution in [0, 0.1) is 6.92 Å². The predicted octanol–water partition coefficient (Wildman–Crippen LogP) is 3.04. The van der Waals surface area contributed by atoms with Crippen LogP contribution < -0.4 is 10.5 Å². The van der Waals surface area contributed by atoms with E-state index in [9.17, 15) is 5.11 Å². The van der Waals surface area contributed by atoms with Crippen LogP contribution in [0.2, 0.25) is 0 Å². The molecule has 1 aromatic heterocycles. The van der Waals surface area contributed by atoms with Crippen molar-refractivity contribution in [1.82, 2.24) is 9.97 Å². The Morgan fingerprint density at radius 3 is 2.65 bits per heavy atom. The fourth-order valence-corrected chi connectivity index (χ4v) is 2.37. The molecule has 0 unspecified atom stereocenters. The summed E-state index contributed by atoms with van der Waals surface area (Å²) in [6.07, 6.45) is 0.790. The van der Waals surface area contributed by atoms with Gasteiger partial charge in [0.2, 0.25) is 5.88 Å². The summed E-state index contributed by atoms with van der Waals surface area (Å²) in [5, 5.41) is 11.5. The molecule has 3 aromatic rings. The quantitative estimate of drug-likeness (QED) is 0.708. The van der Waals surface area contributed by atoms with Gasteiger partial charge in [0.25, 0.3) is 0 Å². The molecule has 0 aliphatic rings. The number of nitrogens with zero attached hydrogens (tertiary/aromatic N) is 2. The van der Waals surface area contributed by atoms with E-state index >= 15 is 0 Å². The molecule has 2 aromatic carbocycles. The van der Waals surface area contributed by atoms with Crippen molar-refractivity contribution in [3.8, 4) is 23.0 Å². The summed E-state index contributed by atoms with van der Waals surface area (Å²) in [4.78, 5) is 8.97. The Morgan fingerprint density at radius 1 is 1.04 bits per heavy atom. The zero-order valence-electron chi connectivity index (χ0n) is 13.0. The molecule has 1 heterocycles. The van der Waals surface area contributed by atoms with Crippen molar-refractivity contribution in [1.29, 1.82) is 0 Å². The van der Waals surface area contributed by atoms with Gasteiger partial charge in [-0.3, -0.25) is 0 Å². The minimum absolute atomic E-state index is 0.257. The second kappa shape index (κ2) is 6.62. The number of hydrogen-bond acceptors (Lipinski definition) is 5. The van der Waals surface area contributed by atoms with Crippen LogP contribution in [-0.4, -0.2) is 28.2 Å². The van der Waals surface area contributed by atoms with Crippen LogP contribution in [0.1, 0.15) is 12.1 Å². The van der Waals surface area contributed by atoms with Crippen LogP contribution in [0.25, 0.3) is 22.2 Å². The number of rotatable bonds is 5. The van der Waals surface area contributed by atoms with Crippen molar-refractivity contribution in [2.75, 3.05) is 13.2 Å². The highest BCUT2D eigenvalue weighted by molar-refractivity contribution is 5.87. The number of aromatic nitrogens is 2. The standard InChI is InChI=1S/C18H19N3O2/c1-12-9-17(23-8-2-7-19)21-18(20-12)15-4-3-14-11-16(22)6-5-13(14)10-15/h3-6,9-11,22H,2,7-8,19H2,1H3. The highest BCUT2D eigenvalue weighted by Gasteiger charge is 2.07. The van der Waals surface area contributed by atoms with E-state index in [-0.39, 0.29) is 5.75 Å². The zero-order chi connectivity index (χ0) is 16.2. The summed E-state index contributed by atoms with van der Waals surface area (Å²) < 4.78 is 5.63. The molecule has 118 valence electrons. The second-order valence-corrected chi connectivity index (χ2v) is 5.41. The highest BCUT2D eigenvalue weighted by Crippen LogP contribution is 2.26. The maximum Gasteiger partial charge on any atom is 0.217 e. The van der Waals surface area contributed by atoms with Gasteiger partial charge in [-0.2, -0.15) is 4.98 Å². The number of ether oxygens (including phenoxy) is 1. The molecule has 5 heteroatoms. The molecule has 0 fully saturated rings. The van der Waals surface area contributed by atoms with E-state index in [0.717, 1.165) is 28.5 Å². The van der Waals surface area contributed by atoms with Crippen molar-refractivity contribution >= 4 is 10.8 Å². The molecule has 0 saturated heterocycles. The SMILES string of the molecule is Cc1cc(OCCCN)nc(-c2ccc3cc(O)ccc3c2)n1. The molecule has 3 N–H and O–H groups in total. The number of fused-ring (bicyclic) bond motifs is 1. The van der Waals surface area contributed by atoms with Crippen LogP contribution in [0.4, 0.5) is 0 Å². The van der Waals surface area contributed by atoms with Gasteiger partial charge < -0.3 is 15.6 Å². The van der Waals surface area contributed by atoms with Crippen LogP contribution in [0.15, 0.2) is 42.5 Å². The van der Waals surface area contributed by atoms with Crippen molar-refractivity contribution < 1.29 is 9.84 Å². The van der Waals surface area contributed by atoms with Gasteiger partial charge in [-0.1, -0.05) is 18.2 Å². The summed E-state index contributed by atoms with van der Waals surface area (Å²) in [7, 11) is 0. The third-order valence-corrected chi connectivity index (χ3v) is 3.51. The Labute approximate surface area is 134 Å². The molecule has 0 amide bonds. The van der Waals surface area contributed by atoms with Crippen molar-refractivity contribution in [2.24, 2.45) is 5.73 Å². The average molecular weight is 309 g/mol. The summed E-state index contributed by atoms with van der Waals surface area (Å²) in [6, 6.07) is 13.0. The molecule has 5 nitrogen and oxygen atoms in total. The summed E-state index contributed by atoms with van der Waals surface area (Å²) >= 11 is 0. The Morgan fingerprint density at radius 2 is 1.83 bits per heavy atom. The lowest BCUT2D eigenvalue weighted by Crippen LogP contribution is -2.07. The van der Waals surface area contributed by atoms with Gasteiger partial charge in [-0.15, -0.1) is 0 Å². The molecule has 0 aliphatic carbocycles. The minimum atomic E-state index is 0.257. The molecule has 0 atom stereocenters. The molecule has 0 bridgehead atoms. The second-order valence-electron chi connectivity index (χ2n) is 5.41. The molecule has 0 saturated carbocycles. The third kappa shape index (κ3) is 3.57. The van der Waals surface area contributed by atoms with Gasteiger partial charge in [0.1, 0.15) is 5.75 Å². The normalized spacial score (nSPS) is 10.9. The van der Waals surface area contributed by atoms with Gasteiger partial charge in [-0.05, 0) is 48.9 Å². The first-order chi connectivity index (χ1) is 11.2. The Bertz CT molecular complexity index is 834. The number of phenolic OH excluding ortho intramolecular Hbond substituents is 1. The lowest BCUT2D eigenvalue weighted by molar-refractivity contribution is 0.301. The highest BCUT2D eigenvalue weighted by atomic mass is 16.5. The van der Waals surface area contributed by atoms with E-state index in [2.05, 4.69) is 9.97 Å². The van der Waals surface area contributed by atoms with Crippen LogP contribution in [0.5, 0.6) is 11.6 Å². The molecule has 3 rings (SSSR count). The van der Waals surface area contributed by atoms with E-state index in [1.807, 2.05) is 37.3 Å². The number of hydrogen-bond donors (Lipinski definition) is 2. The number of aromatic hydroxyl groups is 1. The molecule has 0 aliphatic heterocycles. The molecular weight excluding hydrogens is 290 g/mol. The van der Waals surface area contributed by atoms with E-state index in [1.165, 1.54) is 0 Å². The molecule has 0 radical (unpaired) electrons. The fraction of sp³-hybridized carbons (Fsp3) is 0.222. The number of nitrogens with two attached hydrogens (primary N) is 1. The maximum absolute atomic E-state index is 9.54. The monoisotopic (exact) mass is 309 g/mol. The number of phenols is 1. The maximum atomic E-state index is 9.54. The van der Waals surface area contributed by atoms with E-state index < -0.39 is 0 Å². The van der Waals surface area contributed by atoms with E-state index in [0.29, 0.717) is 24.9 Å². The Kier molecular flexibility index (Phi) is 4.39. The first kappa shape index (κ1) is 15.2. The minimum Gasteiger partial charge on any atom is -0.508 e. The predicted molar refractivity (Wildman–Crippen MR) is 90.5 cm³/mol. The number of benzene rings is 2. The van der Waals surface area contributed by atoms with Crippen molar-refractivity contribution in [2.45, 2.75) is 13.3 Å². The first-order valence-corrected chi connectivity index (χ1v) is 7.57. The van der Waals surface area contributed by atoms with Gasteiger partial charge >= 0.3 is 0 Å². The van der Waals surface area contributed by atoms with Gasteiger partial charge in [0.15, 0.2) is 5.82 Å². The van der Waals surface area contributed by atoms with Gasteiger partial charge in [-0.25, -0.2) is 4.98 Å². The summed E-state index contributed by atoms with van der Waals surface area (Å²) in [6.45, 7) is 3.05. The van der Waals surface area contributed by atoms with E-state index in [4.69, 9.17) is 10.5 Å². The zero-order valence-corrected chi connectivity index (χ0v) is 13.0. The summed E-state index contributed by atoms with van der Waals surface area (Å²) in [5.74, 6) is 1.45. The fourth-order valence-electron chi connectivity index (χ4n) is 2.37. The van der Waals surface area contributed by atoms with Crippen LogP contribution in [-0.2, 0) is 0 Å². The topological polar surface area (TPSA) is 81.3 Å². The van der Waals surface area contributed by atoms with Crippen LogP contribution in [0.3, 0.4) is 0 Å². The Hall–Kier alpha value is -2.66. The largest absolute Gasteiger partial charge is 0.508 e. The number of aryl methyl sites for hydroxylation is 1. The van der Waals surface area contributed by atoms with Gasteiger partial charge in [0, 0.05) is 17.3 Å². The van der Waals surface area contributed by atoms with Crippen molar-refractivity contribution in [3.05, 3.63) is 48.2 Å². The lowest BCUT2D eigenvalue weighted by Gasteiger charge is -2.08. The third-order valence-electron chi connectivity index (χ3n) is 3.51. The lowest BCUT2D eigenvalue weighted by atomic mass is 10.1. The van der Waals surface area contributed by atoms with Gasteiger partial charge in [0.05, 0.1) is 6.61 Å². The molecule has 0 spiro atoms. The smallest absolute Gasteiger partial charge is 0.217 e. The molecular formula is C18H19N3O2. The van der Waals surface area contributed by atoms with E-state index in [1.54, 1.807) is 12.1 Å². The Balaban J connectivity index is 1.95. The molecule has 23 heavy (non-hydrogen) atoms.